The summed E-state index contributed by atoms with van der Waals surface area (Å²) in [4.78, 5) is 34.1. The summed E-state index contributed by atoms with van der Waals surface area (Å²) in [7, 11) is 0. The number of aromatic nitrogens is 1. The average molecular weight is 537 g/mol. The third-order valence-corrected chi connectivity index (χ3v) is 8.40. The highest BCUT2D eigenvalue weighted by Crippen LogP contribution is 2.26. The summed E-state index contributed by atoms with van der Waals surface area (Å²) in [6, 6.07) is 21.6. The molecule has 6 nitrogen and oxygen atoms in total. The van der Waals surface area contributed by atoms with E-state index in [0.717, 1.165) is 50.3 Å². The zero-order valence-corrected chi connectivity index (χ0v) is 21.9. The molecule has 0 saturated carbocycles. The molecule has 0 bridgehead atoms. The monoisotopic (exact) mass is 536 g/mol. The molecule has 0 radical (unpaired) electrons. The molecule has 4 aromatic rings. The zero-order valence-electron chi connectivity index (χ0n) is 19.5. The number of hydrogen-bond acceptors (Lipinski definition) is 6. The molecule has 9 heteroatoms. The second kappa shape index (κ2) is 11.3. The maximum absolute atomic E-state index is 12.8. The first-order chi connectivity index (χ1) is 17.5. The Labute approximate surface area is 223 Å². The topological polar surface area (TPSA) is 65.5 Å². The third-order valence-electron chi connectivity index (χ3n) is 6.08. The molecule has 36 heavy (non-hydrogen) atoms. The van der Waals surface area contributed by atoms with Gasteiger partial charge in [-0.25, -0.2) is 4.98 Å². The highest BCUT2D eigenvalue weighted by atomic mass is 35.5. The summed E-state index contributed by atoms with van der Waals surface area (Å²) in [5.74, 6) is 0.264. The molecule has 2 heterocycles. The lowest BCUT2D eigenvalue weighted by atomic mass is 10.1. The predicted molar refractivity (Wildman–Crippen MR) is 149 cm³/mol. The Morgan fingerprint density at radius 1 is 0.972 bits per heavy atom. The van der Waals surface area contributed by atoms with Gasteiger partial charge in [-0.1, -0.05) is 59.8 Å². The van der Waals surface area contributed by atoms with E-state index < -0.39 is 0 Å². The number of carbonyl (C=O) groups is 2. The van der Waals surface area contributed by atoms with Gasteiger partial charge in [0.25, 0.3) is 0 Å². The van der Waals surface area contributed by atoms with E-state index in [4.69, 9.17) is 11.6 Å². The minimum absolute atomic E-state index is 0.0808. The molecule has 0 aliphatic carbocycles. The van der Waals surface area contributed by atoms with Gasteiger partial charge in [-0.2, -0.15) is 0 Å². The van der Waals surface area contributed by atoms with Gasteiger partial charge in [-0.3, -0.25) is 9.59 Å². The van der Waals surface area contributed by atoms with Gasteiger partial charge < -0.3 is 15.1 Å². The summed E-state index contributed by atoms with van der Waals surface area (Å²) >= 11 is 8.84. The van der Waals surface area contributed by atoms with Crippen LogP contribution in [0.2, 0.25) is 5.02 Å². The quantitative estimate of drug-likeness (QED) is 0.313. The van der Waals surface area contributed by atoms with Crippen molar-refractivity contribution < 1.29 is 9.59 Å². The van der Waals surface area contributed by atoms with E-state index in [1.165, 1.54) is 23.1 Å². The molecule has 1 aliphatic heterocycles. The largest absolute Gasteiger partial charge is 0.368 e. The Hall–Kier alpha value is -3.07. The molecular weight excluding hydrogens is 512 g/mol. The number of carbonyl (C=O) groups excluding carboxylic acids is 2. The molecule has 184 valence electrons. The Morgan fingerprint density at radius 3 is 2.53 bits per heavy atom. The molecule has 0 atom stereocenters. The Kier molecular flexibility index (Phi) is 7.75. The number of nitrogens with zero attached hydrogens (tertiary/aromatic N) is 3. The van der Waals surface area contributed by atoms with Crippen LogP contribution in [0.15, 0.2) is 76.4 Å². The van der Waals surface area contributed by atoms with Crippen LogP contribution in [0.1, 0.15) is 5.69 Å². The van der Waals surface area contributed by atoms with Crippen molar-refractivity contribution in [2.45, 2.75) is 10.8 Å². The Bertz CT molecular complexity index is 1360. The molecule has 1 saturated heterocycles. The number of fused-ring (bicyclic) bond motifs is 1. The fourth-order valence-electron chi connectivity index (χ4n) is 4.22. The fourth-order valence-corrected chi connectivity index (χ4v) is 5.99. The minimum atomic E-state index is -0.0808. The lowest BCUT2D eigenvalue weighted by Gasteiger charge is -2.36. The number of thioether (sulfide) groups is 1. The lowest BCUT2D eigenvalue weighted by Crippen LogP contribution is -2.49. The number of anilines is 2. The van der Waals surface area contributed by atoms with E-state index in [2.05, 4.69) is 15.2 Å². The van der Waals surface area contributed by atoms with E-state index in [0.29, 0.717) is 13.1 Å². The van der Waals surface area contributed by atoms with Crippen LogP contribution in [0.3, 0.4) is 0 Å². The van der Waals surface area contributed by atoms with Crippen LogP contribution in [0.25, 0.3) is 10.8 Å². The summed E-state index contributed by atoms with van der Waals surface area (Å²) in [5.41, 5.74) is 2.68. The highest BCUT2D eigenvalue weighted by Gasteiger charge is 2.22. The van der Waals surface area contributed by atoms with Crippen LogP contribution in [0, 0.1) is 0 Å². The molecule has 2 amide bonds. The Morgan fingerprint density at radius 2 is 1.72 bits per heavy atom. The predicted octanol–water partition coefficient (Wildman–Crippen LogP) is 5.57. The molecule has 0 unspecified atom stereocenters. The van der Waals surface area contributed by atoms with E-state index in [-0.39, 0.29) is 24.0 Å². The maximum Gasteiger partial charge on any atom is 0.234 e. The van der Waals surface area contributed by atoms with Crippen molar-refractivity contribution in [1.82, 2.24) is 9.88 Å². The van der Waals surface area contributed by atoms with Gasteiger partial charge in [0.1, 0.15) is 0 Å². The normalized spacial score (nSPS) is 13.7. The molecule has 1 N–H and O–H groups in total. The van der Waals surface area contributed by atoms with Crippen LogP contribution in [-0.4, -0.2) is 53.6 Å². The smallest absolute Gasteiger partial charge is 0.234 e. The Balaban J connectivity index is 1.09. The van der Waals surface area contributed by atoms with Gasteiger partial charge in [0.15, 0.2) is 4.34 Å². The van der Waals surface area contributed by atoms with Crippen molar-refractivity contribution in [3.63, 3.8) is 0 Å². The van der Waals surface area contributed by atoms with Gasteiger partial charge in [-0.15, -0.1) is 11.3 Å². The number of rotatable bonds is 7. The van der Waals surface area contributed by atoms with E-state index in [1.54, 1.807) is 0 Å². The second-order valence-corrected chi connectivity index (χ2v) is 11.0. The molecule has 3 aromatic carbocycles. The molecule has 1 fully saturated rings. The van der Waals surface area contributed by atoms with E-state index in [1.807, 2.05) is 77.0 Å². The number of benzene rings is 3. The molecule has 0 spiro atoms. The van der Waals surface area contributed by atoms with E-state index in [9.17, 15) is 9.59 Å². The van der Waals surface area contributed by atoms with Gasteiger partial charge in [-0.05, 0) is 35.7 Å². The first kappa shape index (κ1) is 24.6. The highest BCUT2D eigenvalue weighted by molar-refractivity contribution is 8.01. The number of amides is 2. The summed E-state index contributed by atoms with van der Waals surface area (Å²) in [6.45, 7) is 2.94. The van der Waals surface area contributed by atoms with Gasteiger partial charge >= 0.3 is 0 Å². The number of nitrogens with one attached hydrogen (secondary N) is 1. The van der Waals surface area contributed by atoms with Crippen LogP contribution < -0.4 is 10.2 Å². The van der Waals surface area contributed by atoms with Gasteiger partial charge in [0, 0.05) is 53.3 Å². The molecule has 1 aromatic heterocycles. The second-order valence-electron chi connectivity index (χ2n) is 8.49. The van der Waals surface area contributed by atoms with Crippen molar-refractivity contribution in [2.75, 3.05) is 42.1 Å². The van der Waals surface area contributed by atoms with Crippen LogP contribution in [-0.2, 0) is 16.0 Å². The number of halogens is 1. The van der Waals surface area contributed by atoms with E-state index >= 15 is 0 Å². The zero-order chi connectivity index (χ0) is 24.9. The SMILES string of the molecule is O=C(CSc1nc(CC(=O)N2CCN(c3ccc(Cl)cc3)CC2)cs1)Nc1cccc2ccccc12. The number of hydrogen-bond donors (Lipinski definition) is 1. The number of thiazole rings is 1. The van der Waals surface area contributed by atoms with Crippen molar-refractivity contribution in [2.24, 2.45) is 0 Å². The van der Waals surface area contributed by atoms with Crippen molar-refractivity contribution in [3.05, 3.63) is 82.8 Å². The lowest BCUT2D eigenvalue weighted by molar-refractivity contribution is -0.130. The first-order valence-electron chi connectivity index (χ1n) is 11.7. The van der Waals surface area contributed by atoms with Gasteiger partial charge in [0.2, 0.25) is 11.8 Å². The maximum atomic E-state index is 12.8. The average Bonchev–Trinajstić information content (AvgIpc) is 3.35. The molecule has 1 aliphatic rings. The van der Waals surface area contributed by atoms with Crippen LogP contribution >= 0.6 is 34.7 Å². The fraction of sp³-hybridized carbons (Fsp3) is 0.222. The molecule has 5 rings (SSSR count). The summed E-state index contributed by atoms with van der Waals surface area (Å²) in [5, 5.41) is 7.73. The van der Waals surface area contributed by atoms with Crippen molar-refractivity contribution in [1.29, 1.82) is 0 Å². The first-order valence-corrected chi connectivity index (χ1v) is 13.9. The van der Waals surface area contributed by atoms with Crippen molar-refractivity contribution >= 4 is 68.7 Å². The van der Waals surface area contributed by atoms with Gasteiger partial charge in [0.05, 0.1) is 17.9 Å². The third kappa shape index (κ3) is 6.00. The minimum Gasteiger partial charge on any atom is -0.368 e. The summed E-state index contributed by atoms with van der Waals surface area (Å²) in [6.07, 6.45) is 0.278. The summed E-state index contributed by atoms with van der Waals surface area (Å²) < 4.78 is 0.790. The van der Waals surface area contributed by atoms with Crippen LogP contribution in [0.4, 0.5) is 11.4 Å². The number of piperazine rings is 1. The van der Waals surface area contributed by atoms with Crippen LogP contribution in [0.5, 0.6) is 0 Å². The molecular formula is C27H25ClN4O2S2. The standard InChI is InChI=1S/C27H25ClN4O2S2/c28-20-8-10-22(11-9-20)31-12-14-32(15-13-31)26(34)16-21-17-35-27(29-21)36-18-25(33)30-24-7-3-5-19-4-1-2-6-23(19)24/h1-11,17H,12-16,18H2,(H,30,33). The van der Waals surface area contributed by atoms with Crippen molar-refractivity contribution in [3.8, 4) is 0 Å².